The molecular weight excluding hydrogens is 262 g/mol. The summed E-state index contributed by atoms with van der Waals surface area (Å²) < 4.78 is 0. The van der Waals surface area contributed by atoms with Crippen LogP contribution in [0.5, 0.6) is 0 Å². The van der Waals surface area contributed by atoms with Gasteiger partial charge in [0.25, 0.3) is 0 Å². The van der Waals surface area contributed by atoms with Crippen molar-refractivity contribution in [2.24, 2.45) is 0 Å². The highest BCUT2D eigenvalue weighted by atomic mass is 35.5. The molecular formula is C14H20ClN3O. The number of hydrogen-bond donors (Lipinski definition) is 2. The van der Waals surface area contributed by atoms with Crippen LogP contribution in [0.25, 0.3) is 0 Å². The third-order valence-corrected chi connectivity index (χ3v) is 3.59. The molecule has 1 aromatic rings. The maximum Gasteiger partial charge on any atom is 0.238 e. The van der Waals surface area contributed by atoms with Crippen molar-refractivity contribution in [1.82, 2.24) is 10.2 Å². The number of likely N-dealkylation sites (N-methyl/N-ethyl adjacent to an activating group) is 1. The molecule has 1 aromatic carbocycles. The van der Waals surface area contributed by atoms with Gasteiger partial charge in [-0.1, -0.05) is 23.7 Å². The number of hydrogen-bond acceptors (Lipinski definition) is 3. The molecule has 0 bridgehead atoms. The molecule has 104 valence electrons. The number of benzene rings is 1. The molecule has 2 N–H and O–H groups in total. The zero-order valence-corrected chi connectivity index (χ0v) is 11.9. The predicted octanol–water partition coefficient (Wildman–Crippen LogP) is 1.96. The Hall–Kier alpha value is -1.10. The fourth-order valence-electron chi connectivity index (χ4n) is 2.35. The SMILES string of the molecule is CN(CC(=O)Nc1ccccc1Cl)CC1CCCN1. The molecule has 1 atom stereocenters. The van der Waals surface area contributed by atoms with E-state index in [4.69, 9.17) is 11.6 Å². The van der Waals surface area contributed by atoms with Gasteiger partial charge in [0.2, 0.25) is 5.91 Å². The minimum atomic E-state index is -0.0337. The van der Waals surface area contributed by atoms with E-state index in [1.807, 2.05) is 24.1 Å². The molecule has 0 spiro atoms. The van der Waals surface area contributed by atoms with Crippen LogP contribution in [0.4, 0.5) is 5.69 Å². The Kier molecular flexibility index (Phi) is 5.19. The minimum Gasteiger partial charge on any atom is -0.324 e. The Balaban J connectivity index is 1.79. The van der Waals surface area contributed by atoms with Gasteiger partial charge in [0.05, 0.1) is 17.3 Å². The summed E-state index contributed by atoms with van der Waals surface area (Å²) >= 11 is 6.00. The Morgan fingerprint density at radius 1 is 1.53 bits per heavy atom. The normalized spacial score (nSPS) is 18.8. The lowest BCUT2D eigenvalue weighted by Crippen LogP contribution is -2.39. The molecule has 1 aliphatic rings. The molecule has 19 heavy (non-hydrogen) atoms. The van der Waals surface area contributed by atoms with Gasteiger partial charge in [-0.2, -0.15) is 0 Å². The number of nitrogens with one attached hydrogen (secondary N) is 2. The summed E-state index contributed by atoms with van der Waals surface area (Å²) in [5.74, 6) is -0.0337. The molecule has 1 amide bonds. The van der Waals surface area contributed by atoms with Crippen LogP contribution in [0.3, 0.4) is 0 Å². The summed E-state index contributed by atoms with van der Waals surface area (Å²) in [6.07, 6.45) is 2.42. The van der Waals surface area contributed by atoms with Gasteiger partial charge in [0, 0.05) is 12.6 Å². The van der Waals surface area contributed by atoms with E-state index in [1.54, 1.807) is 12.1 Å². The number of amides is 1. The van der Waals surface area contributed by atoms with E-state index in [1.165, 1.54) is 12.8 Å². The molecule has 4 nitrogen and oxygen atoms in total. The van der Waals surface area contributed by atoms with Gasteiger partial charge in [-0.25, -0.2) is 0 Å². The van der Waals surface area contributed by atoms with Crippen LogP contribution in [0.1, 0.15) is 12.8 Å². The topological polar surface area (TPSA) is 44.4 Å². The van der Waals surface area contributed by atoms with Crippen molar-refractivity contribution in [3.8, 4) is 0 Å². The summed E-state index contributed by atoms with van der Waals surface area (Å²) in [5.41, 5.74) is 0.668. The molecule has 1 fully saturated rings. The summed E-state index contributed by atoms with van der Waals surface area (Å²) in [6, 6.07) is 7.78. The van der Waals surface area contributed by atoms with Crippen molar-refractivity contribution in [3.05, 3.63) is 29.3 Å². The maximum atomic E-state index is 11.9. The van der Waals surface area contributed by atoms with Crippen LogP contribution < -0.4 is 10.6 Å². The zero-order chi connectivity index (χ0) is 13.7. The van der Waals surface area contributed by atoms with Crippen LogP contribution >= 0.6 is 11.6 Å². The molecule has 0 radical (unpaired) electrons. The second kappa shape index (κ2) is 6.89. The van der Waals surface area contributed by atoms with E-state index in [0.29, 0.717) is 23.3 Å². The van der Waals surface area contributed by atoms with E-state index in [-0.39, 0.29) is 5.91 Å². The molecule has 1 saturated heterocycles. The fraction of sp³-hybridized carbons (Fsp3) is 0.500. The summed E-state index contributed by atoms with van der Waals surface area (Å²) in [7, 11) is 1.96. The first-order valence-electron chi connectivity index (χ1n) is 6.61. The number of halogens is 1. The van der Waals surface area contributed by atoms with Crippen LogP contribution in [0.2, 0.25) is 5.02 Å². The zero-order valence-electron chi connectivity index (χ0n) is 11.2. The van der Waals surface area contributed by atoms with Crippen molar-refractivity contribution >= 4 is 23.2 Å². The van der Waals surface area contributed by atoms with E-state index in [2.05, 4.69) is 10.6 Å². The van der Waals surface area contributed by atoms with Gasteiger partial charge in [-0.3, -0.25) is 9.69 Å². The van der Waals surface area contributed by atoms with Crippen molar-refractivity contribution in [1.29, 1.82) is 0 Å². The minimum absolute atomic E-state index is 0.0337. The summed E-state index contributed by atoms with van der Waals surface area (Å²) in [5, 5.41) is 6.82. The second-order valence-electron chi connectivity index (χ2n) is 5.02. The van der Waals surface area contributed by atoms with Crippen molar-refractivity contribution in [3.63, 3.8) is 0 Å². The van der Waals surface area contributed by atoms with Gasteiger partial charge < -0.3 is 10.6 Å². The molecule has 5 heteroatoms. The Morgan fingerprint density at radius 2 is 2.32 bits per heavy atom. The first kappa shape index (κ1) is 14.3. The third kappa shape index (κ3) is 4.49. The number of nitrogens with zero attached hydrogens (tertiary/aromatic N) is 1. The predicted molar refractivity (Wildman–Crippen MR) is 78.6 cm³/mol. The Morgan fingerprint density at radius 3 is 3.00 bits per heavy atom. The molecule has 1 aliphatic heterocycles. The van der Waals surface area contributed by atoms with Crippen LogP contribution in [0.15, 0.2) is 24.3 Å². The van der Waals surface area contributed by atoms with E-state index < -0.39 is 0 Å². The first-order valence-corrected chi connectivity index (χ1v) is 6.99. The standard InChI is InChI=1S/C14H20ClN3O/c1-18(9-11-5-4-8-16-11)10-14(19)17-13-7-3-2-6-12(13)15/h2-3,6-7,11,16H,4-5,8-10H2,1H3,(H,17,19). The summed E-state index contributed by atoms with van der Waals surface area (Å²) in [4.78, 5) is 14.0. The monoisotopic (exact) mass is 281 g/mol. The molecule has 1 heterocycles. The van der Waals surface area contributed by atoms with E-state index in [9.17, 15) is 4.79 Å². The van der Waals surface area contributed by atoms with E-state index >= 15 is 0 Å². The quantitative estimate of drug-likeness (QED) is 0.867. The third-order valence-electron chi connectivity index (χ3n) is 3.26. The van der Waals surface area contributed by atoms with Gasteiger partial charge in [0.1, 0.15) is 0 Å². The maximum absolute atomic E-state index is 11.9. The average Bonchev–Trinajstić information content (AvgIpc) is 2.84. The highest BCUT2D eigenvalue weighted by molar-refractivity contribution is 6.33. The van der Waals surface area contributed by atoms with Crippen LogP contribution in [-0.2, 0) is 4.79 Å². The molecule has 0 aromatic heterocycles. The van der Waals surface area contributed by atoms with Crippen LogP contribution in [0, 0.1) is 0 Å². The van der Waals surface area contributed by atoms with Gasteiger partial charge in [-0.15, -0.1) is 0 Å². The number of para-hydroxylation sites is 1. The van der Waals surface area contributed by atoms with Gasteiger partial charge in [-0.05, 0) is 38.6 Å². The summed E-state index contributed by atoms with van der Waals surface area (Å²) in [6.45, 7) is 2.36. The number of carbonyl (C=O) groups excluding carboxylic acids is 1. The number of rotatable bonds is 5. The Bertz CT molecular complexity index is 432. The van der Waals surface area contributed by atoms with Gasteiger partial charge >= 0.3 is 0 Å². The Labute approximate surface area is 119 Å². The van der Waals surface area contributed by atoms with E-state index in [0.717, 1.165) is 13.1 Å². The van der Waals surface area contributed by atoms with Crippen molar-refractivity contribution < 1.29 is 4.79 Å². The largest absolute Gasteiger partial charge is 0.324 e. The lowest BCUT2D eigenvalue weighted by Gasteiger charge is -2.20. The number of anilines is 1. The highest BCUT2D eigenvalue weighted by Crippen LogP contribution is 2.20. The van der Waals surface area contributed by atoms with Crippen molar-refractivity contribution in [2.45, 2.75) is 18.9 Å². The molecule has 0 saturated carbocycles. The van der Waals surface area contributed by atoms with Crippen LogP contribution in [-0.4, -0.2) is 43.5 Å². The first-order chi connectivity index (χ1) is 9.15. The smallest absolute Gasteiger partial charge is 0.238 e. The molecule has 1 unspecified atom stereocenters. The fourth-order valence-corrected chi connectivity index (χ4v) is 2.53. The molecule has 2 rings (SSSR count). The lowest BCUT2D eigenvalue weighted by molar-refractivity contribution is -0.117. The highest BCUT2D eigenvalue weighted by Gasteiger charge is 2.17. The lowest BCUT2D eigenvalue weighted by atomic mass is 10.2. The van der Waals surface area contributed by atoms with Gasteiger partial charge in [0.15, 0.2) is 0 Å². The number of carbonyl (C=O) groups is 1. The van der Waals surface area contributed by atoms with Crippen molar-refractivity contribution in [2.75, 3.05) is 32.0 Å². The average molecular weight is 282 g/mol. The second-order valence-corrected chi connectivity index (χ2v) is 5.43. The molecule has 0 aliphatic carbocycles.